The van der Waals surface area contributed by atoms with Gasteiger partial charge in [0.2, 0.25) is 0 Å². The molecule has 3 rings (SSSR count). The second kappa shape index (κ2) is 4.91. The third kappa shape index (κ3) is 2.18. The number of Topliss-reactive ketones (excluding diaryl/α,β-unsaturated/α-hetero) is 1. The lowest BCUT2D eigenvalue weighted by Gasteiger charge is -2.38. The Morgan fingerprint density at radius 3 is 3.06 bits per heavy atom. The highest BCUT2D eigenvalue weighted by Gasteiger charge is 2.45. The number of ketones is 1. The summed E-state index contributed by atoms with van der Waals surface area (Å²) in [6.07, 6.45) is 11.7. The van der Waals surface area contributed by atoms with Crippen molar-refractivity contribution < 1.29 is 9.53 Å². The summed E-state index contributed by atoms with van der Waals surface area (Å²) in [5.41, 5.74) is 0. The minimum atomic E-state index is 0.0443. The molecule has 0 amide bonds. The number of hydrogen-bond acceptors (Lipinski definition) is 3. The van der Waals surface area contributed by atoms with Crippen molar-refractivity contribution in [2.24, 2.45) is 0 Å². The second-order valence-corrected chi connectivity index (χ2v) is 5.46. The monoisotopic (exact) mass is 235 g/mol. The Morgan fingerprint density at radius 1 is 1.24 bits per heavy atom. The van der Waals surface area contributed by atoms with Crippen molar-refractivity contribution in [2.75, 3.05) is 13.2 Å². The molecule has 1 aliphatic carbocycles. The molecule has 0 aromatic rings. The van der Waals surface area contributed by atoms with E-state index < -0.39 is 0 Å². The molecule has 3 unspecified atom stereocenters. The molecule has 17 heavy (non-hydrogen) atoms. The summed E-state index contributed by atoms with van der Waals surface area (Å²) in [6, 6.07) is 0.860. The third-order valence-electron chi connectivity index (χ3n) is 4.29. The molecule has 0 aromatic heterocycles. The van der Waals surface area contributed by atoms with Gasteiger partial charge in [-0.05, 0) is 19.3 Å². The summed E-state index contributed by atoms with van der Waals surface area (Å²) in [5, 5.41) is 0. The summed E-state index contributed by atoms with van der Waals surface area (Å²) in [4.78, 5) is 14.4. The van der Waals surface area contributed by atoms with E-state index in [0.717, 1.165) is 6.61 Å². The van der Waals surface area contributed by atoms with E-state index in [1.165, 1.54) is 32.1 Å². The van der Waals surface area contributed by atoms with Crippen molar-refractivity contribution in [1.82, 2.24) is 4.90 Å². The Balaban J connectivity index is 1.78. The maximum atomic E-state index is 11.9. The number of ether oxygens (including phenoxy) is 1. The van der Waals surface area contributed by atoms with Gasteiger partial charge in [-0.1, -0.05) is 25.0 Å². The van der Waals surface area contributed by atoms with Crippen LogP contribution < -0.4 is 0 Å². The van der Waals surface area contributed by atoms with Crippen molar-refractivity contribution in [3.05, 3.63) is 12.2 Å². The van der Waals surface area contributed by atoms with Crippen LogP contribution in [0, 0.1) is 0 Å². The van der Waals surface area contributed by atoms with Gasteiger partial charge in [0.1, 0.15) is 0 Å². The summed E-state index contributed by atoms with van der Waals surface area (Å²) >= 11 is 0. The number of carbonyl (C=O) groups is 1. The molecule has 94 valence electrons. The molecule has 3 nitrogen and oxygen atoms in total. The zero-order valence-corrected chi connectivity index (χ0v) is 10.3. The molecule has 0 saturated carbocycles. The van der Waals surface area contributed by atoms with Gasteiger partial charge < -0.3 is 4.74 Å². The van der Waals surface area contributed by atoms with Crippen LogP contribution in [0.25, 0.3) is 0 Å². The van der Waals surface area contributed by atoms with Crippen LogP contribution in [0.4, 0.5) is 0 Å². The average molecular weight is 235 g/mol. The molecule has 0 radical (unpaired) electrons. The van der Waals surface area contributed by atoms with Crippen molar-refractivity contribution in [3.63, 3.8) is 0 Å². The van der Waals surface area contributed by atoms with Crippen LogP contribution in [0.1, 0.15) is 38.5 Å². The fourth-order valence-electron chi connectivity index (χ4n) is 3.43. The van der Waals surface area contributed by atoms with E-state index in [1.54, 1.807) is 0 Å². The average Bonchev–Trinajstić information content (AvgIpc) is 2.47. The maximum Gasteiger partial charge on any atom is 0.154 e. The molecule has 0 spiro atoms. The molecule has 2 bridgehead atoms. The van der Waals surface area contributed by atoms with Crippen LogP contribution in [0.15, 0.2) is 12.2 Å². The maximum absolute atomic E-state index is 11.9. The normalized spacial score (nSPS) is 40.9. The van der Waals surface area contributed by atoms with Gasteiger partial charge in [-0.25, -0.2) is 0 Å². The van der Waals surface area contributed by atoms with Crippen molar-refractivity contribution in [3.8, 4) is 0 Å². The minimum Gasteiger partial charge on any atom is -0.378 e. The number of fused-ring (bicyclic) bond motifs is 2. The molecule has 2 fully saturated rings. The zero-order valence-electron chi connectivity index (χ0n) is 10.3. The first-order chi connectivity index (χ1) is 8.36. The van der Waals surface area contributed by atoms with Gasteiger partial charge in [-0.3, -0.25) is 9.69 Å². The lowest BCUT2D eigenvalue weighted by atomic mass is 9.99. The number of nitrogens with zero attached hydrogens (tertiary/aromatic N) is 1. The highest BCUT2D eigenvalue weighted by Crippen LogP contribution is 2.31. The van der Waals surface area contributed by atoms with Crippen LogP contribution >= 0.6 is 0 Å². The topological polar surface area (TPSA) is 29.5 Å². The predicted molar refractivity (Wildman–Crippen MR) is 65.9 cm³/mol. The van der Waals surface area contributed by atoms with E-state index in [1.807, 2.05) is 0 Å². The molecule has 0 aromatic carbocycles. The lowest BCUT2D eigenvalue weighted by molar-refractivity contribution is -0.123. The van der Waals surface area contributed by atoms with E-state index in [2.05, 4.69) is 17.1 Å². The SMILES string of the molecule is O=C1CC2COCC1N2C1/C=C\CCCCC1. The first-order valence-electron chi connectivity index (χ1n) is 6.91. The largest absolute Gasteiger partial charge is 0.378 e. The van der Waals surface area contributed by atoms with Gasteiger partial charge in [0.15, 0.2) is 5.78 Å². The smallest absolute Gasteiger partial charge is 0.154 e. The van der Waals surface area contributed by atoms with E-state index in [9.17, 15) is 4.79 Å². The van der Waals surface area contributed by atoms with Crippen LogP contribution in [0.3, 0.4) is 0 Å². The minimum absolute atomic E-state index is 0.0443. The van der Waals surface area contributed by atoms with Crippen molar-refractivity contribution in [2.45, 2.75) is 56.7 Å². The molecule has 3 heteroatoms. The van der Waals surface area contributed by atoms with Crippen molar-refractivity contribution >= 4 is 5.78 Å². The summed E-state index contributed by atoms with van der Waals surface area (Å²) in [6.45, 7) is 1.35. The lowest BCUT2D eigenvalue weighted by Crippen LogP contribution is -2.51. The zero-order chi connectivity index (χ0) is 11.7. The third-order valence-corrected chi connectivity index (χ3v) is 4.29. The molecular formula is C14H21NO2. The highest BCUT2D eigenvalue weighted by atomic mass is 16.5. The van der Waals surface area contributed by atoms with Crippen LogP contribution in [0.2, 0.25) is 0 Å². The molecule has 2 heterocycles. The summed E-state index contributed by atoms with van der Waals surface area (Å²) in [5.74, 6) is 0.392. The number of allylic oxidation sites excluding steroid dienone is 1. The van der Waals surface area contributed by atoms with Gasteiger partial charge in [-0.15, -0.1) is 0 Å². The van der Waals surface area contributed by atoms with E-state index >= 15 is 0 Å². The van der Waals surface area contributed by atoms with Crippen LogP contribution in [-0.2, 0) is 9.53 Å². The number of rotatable bonds is 1. The second-order valence-electron chi connectivity index (χ2n) is 5.46. The number of morpholine rings is 1. The summed E-state index contributed by atoms with van der Waals surface area (Å²) < 4.78 is 5.52. The molecule has 2 aliphatic heterocycles. The standard InChI is InChI=1S/C14H21NO2/c16-14-8-12-9-17-10-13(14)15(12)11-6-4-2-1-3-5-7-11/h4,6,11-13H,1-3,5,7-10H2/b6-4-. The quantitative estimate of drug-likeness (QED) is 0.650. The van der Waals surface area contributed by atoms with E-state index in [-0.39, 0.29) is 6.04 Å². The molecule has 0 N–H and O–H groups in total. The van der Waals surface area contributed by atoms with Crippen LogP contribution in [-0.4, -0.2) is 42.0 Å². The first-order valence-corrected chi connectivity index (χ1v) is 6.91. The Labute approximate surface area is 103 Å². The molecule has 2 saturated heterocycles. The Morgan fingerprint density at radius 2 is 2.18 bits per heavy atom. The molecule has 3 atom stereocenters. The summed E-state index contributed by atoms with van der Waals surface area (Å²) in [7, 11) is 0. The Bertz CT molecular complexity index is 326. The molecule has 3 aliphatic rings. The van der Waals surface area contributed by atoms with Gasteiger partial charge >= 0.3 is 0 Å². The van der Waals surface area contributed by atoms with E-state index in [4.69, 9.17) is 4.74 Å². The predicted octanol–water partition coefficient (Wildman–Crippen LogP) is 1.92. The number of carbonyl (C=O) groups excluding carboxylic acids is 1. The fourth-order valence-corrected chi connectivity index (χ4v) is 3.43. The highest BCUT2D eigenvalue weighted by molar-refractivity contribution is 5.87. The van der Waals surface area contributed by atoms with Gasteiger partial charge in [0.05, 0.1) is 19.3 Å². The number of hydrogen-bond donors (Lipinski definition) is 0. The van der Waals surface area contributed by atoms with E-state index in [0.29, 0.717) is 30.9 Å². The Kier molecular flexibility index (Phi) is 3.30. The van der Waals surface area contributed by atoms with Gasteiger partial charge in [-0.2, -0.15) is 0 Å². The van der Waals surface area contributed by atoms with Crippen LogP contribution in [0.5, 0.6) is 0 Å². The molecular weight excluding hydrogens is 214 g/mol. The fraction of sp³-hybridized carbons (Fsp3) is 0.786. The van der Waals surface area contributed by atoms with Gasteiger partial charge in [0.25, 0.3) is 0 Å². The van der Waals surface area contributed by atoms with Crippen molar-refractivity contribution in [1.29, 1.82) is 0 Å². The van der Waals surface area contributed by atoms with Gasteiger partial charge in [0, 0.05) is 18.5 Å². The first kappa shape index (κ1) is 11.4. The Hall–Kier alpha value is -0.670.